The molecule has 7 heteroatoms. The number of amides is 2. The van der Waals surface area contributed by atoms with E-state index in [0.717, 1.165) is 18.5 Å². The average molecular weight is 327 g/mol. The summed E-state index contributed by atoms with van der Waals surface area (Å²) in [7, 11) is 0. The molecule has 3 N–H and O–H groups in total. The quantitative estimate of drug-likeness (QED) is 0.680. The molecule has 0 spiro atoms. The Hall–Kier alpha value is -2.96. The molecule has 24 heavy (non-hydrogen) atoms. The molecule has 2 rings (SSSR count). The molecule has 2 aromatic rings. The molecule has 0 fully saturated rings. The first-order chi connectivity index (χ1) is 11.6. The smallest absolute Gasteiger partial charge is 0.254 e. The minimum atomic E-state index is -0.178. The van der Waals surface area contributed by atoms with Crippen LogP contribution in [0.5, 0.6) is 0 Å². The molecular formula is C17H21N5O2. The van der Waals surface area contributed by atoms with E-state index in [9.17, 15) is 9.59 Å². The zero-order valence-corrected chi connectivity index (χ0v) is 13.8. The molecule has 126 valence electrons. The van der Waals surface area contributed by atoms with Crippen molar-refractivity contribution in [3.8, 4) is 0 Å². The Labute approximate surface area is 140 Å². The highest BCUT2D eigenvalue weighted by atomic mass is 16.2. The predicted octanol–water partition coefficient (Wildman–Crippen LogP) is 2.71. The summed E-state index contributed by atoms with van der Waals surface area (Å²) in [5, 5.41) is 8.55. The Morgan fingerprint density at radius 1 is 1.12 bits per heavy atom. The Balaban J connectivity index is 1.98. The SMILES string of the molecule is CCCCNC(=O)c1cnc(Nc2cccc(NC(C)=O)c2)nc1. The summed E-state index contributed by atoms with van der Waals surface area (Å²) in [5.74, 6) is 0.0598. The van der Waals surface area contributed by atoms with Gasteiger partial charge in [0.15, 0.2) is 0 Å². The number of rotatable bonds is 7. The van der Waals surface area contributed by atoms with Crippen LogP contribution in [-0.2, 0) is 4.79 Å². The van der Waals surface area contributed by atoms with Gasteiger partial charge in [-0.1, -0.05) is 19.4 Å². The average Bonchev–Trinajstić information content (AvgIpc) is 2.55. The zero-order valence-electron chi connectivity index (χ0n) is 13.8. The molecule has 0 saturated heterocycles. The van der Waals surface area contributed by atoms with Crippen LogP contribution in [0.3, 0.4) is 0 Å². The lowest BCUT2D eigenvalue weighted by molar-refractivity contribution is -0.114. The van der Waals surface area contributed by atoms with Crippen molar-refractivity contribution in [2.45, 2.75) is 26.7 Å². The molecule has 0 aliphatic rings. The number of aromatic nitrogens is 2. The number of hydrogen-bond acceptors (Lipinski definition) is 5. The molecule has 0 radical (unpaired) electrons. The fraction of sp³-hybridized carbons (Fsp3) is 0.294. The van der Waals surface area contributed by atoms with Crippen LogP contribution in [-0.4, -0.2) is 28.3 Å². The fourth-order valence-corrected chi connectivity index (χ4v) is 2.00. The van der Waals surface area contributed by atoms with Crippen molar-refractivity contribution in [3.05, 3.63) is 42.2 Å². The summed E-state index contributed by atoms with van der Waals surface area (Å²) in [6.07, 6.45) is 4.93. The van der Waals surface area contributed by atoms with Gasteiger partial charge in [-0.15, -0.1) is 0 Å². The summed E-state index contributed by atoms with van der Waals surface area (Å²) in [4.78, 5) is 31.3. The van der Waals surface area contributed by atoms with Gasteiger partial charge in [0.1, 0.15) is 0 Å². The molecule has 0 unspecified atom stereocenters. The number of nitrogens with one attached hydrogen (secondary N) is 3. The summed E-state index contributed by atoms with van der Waals surface area (Å²) >= 11 is 0. The number of carbonyl (C=O) groups is 2. The van der Waals surface area contributed by atoms with E-state index < -0.39 is 0 Å². The van der Waals surface area contributed by atoms with Crippen LogP contribution < -0.4 is 16.0 Å². The lowest BCUT2D eigenvalue weighted by atomic mass is 10.2. The first kappa shape index (κ1) is 17.4. The second-order valence-electron chi connectivity index (χ2n) is 5.29. The van der Waals surface area contributed by atoms with E-state index in [1.807, 2.05) is 12.1 Å². The molecule has 0 bridgehead atoms. The lowest BCUT2D eigenvalue weighted by Gasteiger charge is -2.08. The van der Waals surface area contributed by atoms with Crippen molar-refractivity contribution in [2.75, 3.05) is 17.2 Å². The van der Waals surface area contributed by atoms with Crippen molar-refractivity contribution in [3.63, 3.8) is 0 Å². The van der Waals surface area contributed by atoms with E-state index in [1.165, 1.54) is 19.3 Å². The molecule has 0 saturated carbocycles. The van der Waals surface area contributed by atoms with E-state index in [0.29, 0.717) is 23.7 Å². The van der Waals surface area contributed by atoms with Gasteiger partial charge in [0, 0.05) is 37.2 Å². The standard InChI is InChI=1S/C17H21N5O2/c1-3-4-8-18-16(24)13-10-19-17(20-11-13)22-15-7-5-6-14(9-15)21-12(2)23/h5-7,9-11H,3-4,8H2,1-2H3,(H,18,24)(H,21,23)(H,19,20,22). The predicted molar refractivity (Wildman–Crippen MR) is 93.3 cm³/mol. The van der Waals surface area contributed by atoms with E-state index >= 15 is 0 Å². The number of anilines is 3. The Bertz CT molecular complexity index is 700. The van der Waals surface area contributed by atoms with E-state index in [-0.39, 0.29) is 11.8 Å². The number of hydrogen-bond donors (Lipinski definition) is 3. The molecule has 0 aliphatic heterocycles. The Kier molecular flexibility index (Phi) is 6.24. The maximum Gasteiger partial charge on any atom is 0.254 e. The first-order valence-corrected chi connectivity index (χ1v) is 7.83. The number of unbranched alkanes of at least 4 members (excludes halogenated alkanes) is 1. The molecule has 1 heterocycles. The monoisotopic (exact) mass is 327 g/mol. The van der Waals surface area contributed by atoms with Gasteiger partial charge in [0.2, 0.25) is 11.9 Å². The third kappa shape index (κ3) is 5.35. The third-order valence-corrected chi connectivity index (χ3v) is 3.17. The first-order valence-electron chi connectivity index (χ1n) is 7.83. The summed E-state index contributed by atoms with van der Waals surface area (Å²) in [5.41, 5.74) is 1.84. The van der Waals surface area contributed by atoms with Crippen molar-refractivity contribution < 1.29 is 9.59 Å². The number of carbonyl (C=O) groups excluding carboxylic acids is 2. The molecule has 1 aromatic heterocycles. The maximum absolute atomic E-state index is 11.9. The van der Waals surface area contributed by atoms with Gasteiger partial charge >= 0.3 is 0 Å². The van der Waals surface area contributed by atoms with Crippen LogP contribution in [0.4, 0.5) is 17.3 Å². The lowest BCUT2D eigenvalue weighted by Crippen LogP contribution is -2.24. The summed E-state index contributed by atoms with van der Waals surface area (Å²) in [6, 6.07) is 7.20. The fourth-order valence-electron chi connectivity index (χ4n) is 2.00. The second-order valence-corrected chi connectivity index (χ2v) is 5.29. The minimum absolute atomic E-state index is 0.137. The van der Waals surface area contributed by atoms with E-state index in [4.69, 9.17) is 0 Å². The van der Waals surface area contributed by atoms with Gasteiger partial charge in [-0.05, 0) is 24.6 Å². The van der Waals surface area contributed by atoms with E-state index in [2.05, 4.69) is 32.8 Å². The van der Waals surface area contributed by atoms with Crippen molar-refractivity contribution in [2.24, 2.45) is 0 Å². The molecule has 1 aromatic carbocycles. The number of nitrogens with zero attached hydrogens (tertiary/aromatic N) is 2. The van der Waals surface area contributed by atoms with Gasteiger partial charge in [-0.3, -0.25) is 9.59 Å². The molecular weight excluding hydrogens is 306 g/mol. The van der Waals surface area contributed by atoms with Crippen molar-refractivity contribution in [1.82, 2.24) is 15.3 Å². The summed E-state index contributed by atoms with van der Waals surface area (Å²) in [6.45, 7) is 4.16. The van der Waals surface area contributed by atoms with Gasteiger partial charge in [0.05, 0.1) is 5.56 Å². The molecule has 7 nitrogen and oxygen atoms in total. The second kappa shape index (κ2) is 8.61. The summed E-state index contributed by atoms with van der Waals surface area (Å²) < 4.78 is 0. The Morgan fingerprint density at radius 2 is 1.83 bits per heavy atom. The van der Waals surface area contributed by atoms with Crippen molar-refractivity contribution in [1.29, 1.82) is 0 Å². The zero-order chi connectivity index (χ0) is 17.4. The highest BCUT2D eigenvalue weighted by Crippen LogP contribution is 2.17. The van der Waals surface area contributed by atoms with Crippen LogP contribution in [0.25, 0.3) is 0 Å². The highest BCUT2D eigenvalue weighted by molar-refractivity contribution is 5.93. The normalized spacial score (nSPS) is 10.1. The highest BCUT2D eigenvalue weighted by Gasteiger charge is 2.07. The minimum Gasteiger partial charge on any atom is -0.352 e. The Morgan fingerprint density at radius 3 is 2.50 bits per heavy atom. The maximum atomic E-state index is 11.9. The molecule has 0 aliphatic carbocycles. The van der Waals surface area contributed by atoms with Gasteiger partial charge < -0.3 is 16.0 Å². The van der Waals surface area contributed by atoms with Crippen molar-refractivity contribution >= 4 is 29.1 Å². The third-order valence-electron chi connectivity index (χ3n) is 3.17. The van der Waals surface area contributed by atoms with Crippen LogP contribution in [0.2, 0.25) is 0 Å². The van der Waals surface area contributed by atoms with Gasteiger partial charge in [0.25, 0.3) is 5.91 Å². The largest absolute Gasteiger partial charge is 0.352 e. The van der Waals surface area contributed by atoms with E-state index in [1.54, 1.807) is 12.1 Å². The topological polar surface area (TPSA) is 96.0 Å². The van der Waals surface area contributed by atoms with Gasteiger partial charge in [-0.25, -0.2) is 9.97 Å². The number of benzene rings is 1. The van der Waals surface area contributed by atoms with Crippen LogP contribution >= 0.6 is 0 Å². The molecule has 2 amide bonds. The van der Waals surface area contributed by atoms with Crippen LogP contribution in [0, 0.1) is 0 Å². The van der Waals surface area contributed by atoms with Crippen LogP contribution in [0.1, 0.15) is 37.0 Å². The molecule has 0 atom stereocenters. The van der Waals surface area contributed by atoms with Gasteiger partial charge in [-0.2, -0.15) is 0 Å². The van der Waals surface area contributed by atoms with Crippen LogP contribution in [0.15, 0.2) is 36.7 Å².